The average molecular weight is 263 g/mol. The molecule has 19 heavy (non-hydrogen) atoms. The van der Waals surface area contributed by atoms with Crippen molar-refractivity contribution in [1.29, 1.82) is 0 Å². The first-order valence-corrected chi connectivity index (χ1v) is 6.72. The number of methoxy groups -OCH3 is 1. The van der Waals surface area contributed by atoms with Gasteiger partial charge in [-0.3, -0.25) is 4.79 Å². The monoisotopic (exact) mass is 263 g/mol. The van der Waals surface area contributed by atoms with Crippen LogP contribution in [0.15, 0.2) is 24.3 Å². The maximum atomic E-state index is 12.0. The Bertz CT molecular complexity index is 418. The molecule has 0 bridgehead atoms. The number of anilines is 1. The number of benzene rings is 1. The lowest BCUT2D eigenvalue weighted by molar-refractivity contribution is -0.129. The third-order valence-electron chi connectivity index (χ3n) is 3.82. The Morgan fingerprint density at radius 3 is 2.53 bits per heavy atom. The molecule has 4 heteroatoms. The van der Waals surface area contributed by atoms with E-state index in [-0.39, 0.29) is 18.1 Å². The Morgan fingerprint density at radius 1 is 1.37 bits per heavy atom. The molecule has 104 valence electrons. The van der Waals surface area contributed by atoms with E-state index in [0.717, 1.165) is 30.5 Å². The summed E-state index contributed by atoms with van der Waals surface area (Å²) in [5, 5.41) is 11.7. The van der Waals surface area contributed by atoms with Gasteiger partial charge in [0, 0.05) is 19.4 Å². The largest absolute Gasteiger partial charge is 0.396 e. The summed E-state index contributed by atoms with van der Waals surface area (Å²) in [4.78, 5) is 12.0. The molecule has 0 aromatic heterocycles. The summed E-state index contributed by atoms with van der Waals surface area (Å²) in [6.45, 7) is 0.141. The molecule has 0 radical (unpaired) electrons. The van der Waals surface area contributed by atoms with Crippen LogP contribution in [-0.4, -0.2) is 30.3 Å². The Labute approximate surface area is 113 Å². The van der Waals surface area contributed by atoms with Crippen LogP contribution < -0.4 is 5.32 Å². The summed E-state index contributed by atoms with van der Waals surface area (Å²) >= 11 is 0. The van der Waals surface area contributed by atoms with Crippen molar-refractivity contribution in [3.8, 4) is 0 Å². The third-order valence-corrected chi connectivity index (χ3v) is 3.82. The molecule has 2 N–H and O–H groups in total. The molecule has 1 aliphatic rings. The maximum absolute atomic E-state index is 12.0. The summed E-state index contributed by atoms with van der Waals surface area (Å²) in [7, 11) is 1.68. The summed E-state index contributed by atoms with van der Waals surface area (Å²) in [5.74, 6) is -0.00328. The predicted molar refractivity (Wildman–Crippen MR) is 74.1 cm³/mol. The fourth-order valence-electron chi connectivity index (χ4n) is 2.41. The van der Waals surface area contributed by atoms with Crippen molar-refractivity contribution in [3.05, 3.63) is 29.8 Å². The standard InChI is InChI=1S/C15H21NO3/c1-19-15(8-2-9-15)11-14(18)16-13-5-3-12(4-6-13)7-10-17/h3-6,17H,2,7-11H2,1H3,(H,16,18). The number of rotatable bonds is 6. The summed E-state index contributed by atoms with van der Waals surface area (Å²) in [6.07, 6.45) is 4.12. The lowest BCUT2D eigenvalue weighted by atomic mass is 9.77. The number of aliphatic hydroxyl groups is 1. The highest BCUT2D eigenvalue weighted by atomic mass is 16.5. The molecule has 1 aliphatic carbocycles. The highest BCUT2D eigenvalue weighted by molar-refractivity contribution is 5.91. The number of hydrogen-bond acceptors (Lipinski definition) is 3. The Hall–Kier alpha value is -1.39. The lowest BCUT2D eigenvalue weighted by Crippen LogP contribution is -2.42. The van der Waals surface area contributed by atoms with Crippen molar-refractivity contribution >= 4 is 11.6 Å². The number of ether oxygens (including phenoxy) is 1. The van der Waals surface area contributed by atoms with Gasteiger partial charge in [0.15, 0.2) is 0 Å². The van der Waals surface area contributed by atoms with Gasteiger partial charge in [0.2, 0.25) is 5.91 Å². The fraction of sp³-hybridized carbons (Fsp3) is 0.533. The number of aliphatic hydroxyl groups excluding tert-OH is 1. The summed E-state index contributed by atoms with van der Waals surface area (Å²) < 4.78 is 5.44. The topological polar surface area (TPSA) is 58.6 Å². The lowest BCUT2D eigenvalue weighted by Gasteiger charge is -2.39. The molecule has 0 atom stereocenters. The van der Waals surface area contributed by atoms with Crippen LogP contribution in [0.2, 0.25) is 0 Å². The molecule has 0 saturated heterocycles. The van der Waals surface area contributed by atoms with Gasteiger partial charge in [0.25, 0.3) is 0 Å². The van der Waals surface area contributed by atoms with Crippen LogP contribution in [0, 0.1) is 0 Å². The normalized spacial score (nSPS) is 16.7. The first-order chi connectivity index (χ1) is 9.17. The van der Waals surface area contributed by atoms with E-state index in [1.165, 1.54) is 0 Å². The van der Waals surface area contributed by atoms with Crippen LogP contribution in [0.3, 0.4) is 0 Å². The molecule has 1 aromatic rings. The van der Waals surface area contributed by atoms with Crippen LogP contribution >= 0.6 is 0 Å². The zero-order chi connectivity index (χ0) is 13.7. The van der Waals surface area contributed by atoms with Crippen LogP contribution in [0.4, 0.5) is 5.69 Å². The van der Waals surface area contributed by atoms with Crippen molar-refractivity contribution in [3.63, 3.8) is 0 Å². The van der Waals surface area contributed by atoms with Crippen LogP contribution in [0.5, 0.6) is 0 Å². The van der Waals surface area contributed by atoms with Crippen LogP contribution in [0.1, 0.15) is 31.2 Å². The maximum Gasteiger partial charge on any atom is 0.227 e. The van der Waals surface area contributed by atoms with Gasteiger partial charge < -0.3 is 15.2 Å². The molecular weight excluding hydrogens is 242 g/mol. The van der Waals surface area contributed by atoms with Crippen molar-refractivity contribution in [1.82, 2.24) is 0 Å². The molecule has 4 nitrogen and oxygen atoms in total. The Kier molecular flexibility index (Phi) is 4.56. The minimum Gasteiger partial charge on any atom is -0.396 e. The van der Waals surface area contributed by atoms with Crippen LogP contribution in [-0.2, 0) is 16.0 Å². The first-order valence-electron chi connectivity index (χ1n) is 6.72. The highest BCUT2D eigenvalue weighted by Crippen LogP contribution is 2.38. The third kappa shape index (κ3) is 3.55. The highest BCUT2D eigenvalue weighted by Gasteiger charge is 2.38. The first kappa shape index (κ1) is 14.0. The Balaban J connectivity index is 1.88. The number of hydrogen-bond donors (Lipinski definition) is 2. The zero-order valence-electron chi connectivity index (χ0n) is 11.3. The molecule has 1 fully saturated rings. The number of nitrogens with one attached hydrogen (secondary N) is 1. The quantitative estimate of drug-likeness (QED) is 0.826. The smallest absolute Gasteiger partial charge is 0.227 e. The van der Waals surface area contributed by atoms with Gasteiger partial charge in [-0.15, -0.1) is 0 Å². The van der Waals surface area contributed by atoms with Gasteiger partial charge >= 0.3 is 0 Å². The van der Waals surface area contributed by atoms with E-state index in [1.807, 2.05) is 24.3 Å². The average Bonchev–Trinajstić information content (AvgIpc) is 2.37. The summed E-state index contributed by atoms with van der Waals surface area (Å²) in [5.41, 5.74) is 1.62. The van der Waals surface area contributed by atoms with Crippen molar-refractivity contribution in [2.75, 3.05) is 19.0 Å². The molecule has 0 unspecified atom stereocenters. The second kappa shape index (κ2) is 6.17. The van der Waals surface area contributed by atoms with Gasteiger partial charge in [-0.1, -0.05) is 12.1 Å². The van der Waals surface area contributed by atoms with E-state index < -0.39 is 0 Å². The van der Waals surface area contributed by atoms with E-state index in [0.29, 0.717) is 12.8 Å². The zero-order valence-corrected chi connectivity index (χ0v) is 11.3. The van der Waals surface area contributed by atoms with E-state index in [9.17, 15) is 4.79 Å². The van der Waals surface area contributed by atoms with Crippen LogP contribution in [0.25, 0.3) is 0 Å². The number of carbonyl (C=O) groups excluding carboxylic acids is 1. The van der Waals surface area contributed by atoms with Gasteiger partial charge in [-0.25, -0.2) is 0 Å². The van der Waals surface area contributed by atoms with Crippen molar-refractivity contribution in [2.24, 2.45) is 0 Å². The molecule has 2 rings (SSSR count). The minimum atomic E-state index is -0.235. The second-order valence-electron chi connectivity index (χ2n) is 5.14. The fourth-order valence-corrected chi connectivity index (χ4v) is 2.41. The number of carbonyl (C=O) groups is 1. The van der Waals surface area contributed by atoms with Crippen molar-refractivity contribution < 1.29 is 14.6 Å². The molecular formula is C15H21NO3. The molecule has 0 heterocycles. The molecule has 0 aliphatic heterocycles. The van der Waals surface area contributed by atoms with Gasteiger partial charge in [0.1, 0.15) is 0 Å². The molecule has 1 amide bonds. The second-order valence-corrected chi connectivity index (χ2v) is 5.14. The molecule has 1 aromatic carbocycles. The summed E-state index contributed by atoms with van der Waals surface area (Å²) in [6, 6.07) is 7.56. The molecule has 0 spiro atoms. The van der Waals surface area contributed by atoms with Crippen molar-refractivity contribution in [2.45, 2.75) is 37.7 Å². The predicted octanol–water partition coefficient (Wildman–Crippen LogP) is 2.12. The van der Waals surface area contributed by atoms with Gasteiger partial charge in [-0.2, -0.15) is 0 Å². The SMILES string of the molecule is COC1(CC(=O)Nc2ccc(CCO)cc2)CCC1. The van der Waals surface area contributed by atoms with Gasteiger partial charge in [0.05, 0.1) is 12.0 Å². The minimum absolute atomic E-state index is 0.00328. The van der Waals surface area contributed by atoms with E-state index in [1.54, 1.807) is 7.11 Å². The Morgan fingerprint density at radius 2 is 2.05 bits per heavy atom. The van der Waals surface area contributed by atoms with Gasteiger partial charge in [-0.05, 0) is 43.4 Å². The van der Waals surface area contributed by atoms with E-state index in [2.05, 4.69) is 5.32 Å². The number of amides is 1. The van der Waals surface area contributed by atoms with E-state index >= 15 is 0 Å². The molecule has 1 saturated carbocycles. The van der Waals surface area contributed by atoms with E-state index in [4.69, 9.17) is 9.84 Å².